The molecule has 1 fully saturated rings. The Kier molecular flexibility index (Phi) is 11.4. The topological polar surface area (TPSA) is 105 Å². The second-order valence-electron chi connectivity index (χ2n) is 10.7. The van der Waals surface area contributed by atoms with Gasteiger partial charge < -0.3 is 19.7 Å². The Morgan fingerprint density at radius 2 is 1.61 bits per heavy atom. The van der Waals surface area contributed by atoms with Gasteiger partial charge in [0.05, 0.1) is 26.2 Å². The molecule has 236 valence electrons. The molecule has 0 saturated heterocycles. The number of nitrogens with zero attached hydrogens (tertiary/aromatic N) is 2. The molecule has 1 aliphatic carbocycles. The van der Waals surface area contributed by atoms with Crippen molar-refractivity contribution < 1.29 is 27.5 Å². The fraction of sp³-hybridized carbons (Fsp3) is 0.375. The molecule has 0 bridgehead atoms. The van der Waals surface area contributed by atoms with Crippen molar-refractivity contribution in [3.05, 3.63) is 87.9 Å². The van der Waals surface area contributed by atoms with Gasteiger partial charge in [-0.1, -0.05) is 72.4 Å². The normalized spacial score (nSPS) is 14.1. The number of benzene rings is 3. The maximum atomic E-state index is 14.4. The molecule has 0 aromatic heterocycles. The number of anilines is 1. The predicted molar refractivity (Wildman–Crippen MR) is 173 cm³/mol. The predicted octanol–water partition coefficient (Wildman–Crippen LogP) is 5.48. The Balaban J connectivity index is 1.80. The highest BCUT2D eigenvalue weighted by Gasteiger charge is 2.35. The lowest BCUT2D eigenvalue weighted by molar-refractivity contribution is -0.140. The third-order valence-corrected chi connectivity index (χ3v) is 9.53. The zero-order valence-corrected chi connectivity index (χ0v) is 27.3. The third kappa shape index (κ3) is 8.37. The van der Waals surface area contributed by atoms with Crippen LogP contribution in [0.1, 0.15) is 36.8 Å². The van der Waals surface area contributed by atoms with Gasteiger partial charge >= 0.3 is 0 Å². The minimum absolute atomic E-state index is 0.00445. The summed E-state index contributed by atoms with van der Waals surface area (Å²) in [4.78, 5) is 29.8. The number of ether oxygens (including phenoxy) is 2. The molecular formula is C32H37Cl2N3O6S. The van der Waals surface area contributed by atoms with E-state index in [0.29, 0.717) is 21.4 Å². The molecule has 1 saturated carbocycles. The van der Waals surface area contributed by atoms with E-state index in [4.69, 9.17) is 32.7 Å². The van der Waals surface area contributed by atoms with Gasteiger partial charge in [-0.2, -0.15) is 0 Å². The number of carbonyl (C=O) groups excluding carboxylic acids is 2. The van der Waals surface area contributed by atoms with E-state index in [0.717, 1.165) is 41.8 Å². The summed E-state index contributed by atoms with van der Waals surface area (Å²) in [6, 6.07) is 18.0. The molecule has 1 atom stereocenters. The molecule has 1 unspecified atom stereocenters. The largest absolute Gasteiger partial charge is 0.497 e. The maximum Gasteiger partial charge on any atom is 0.244 e. The highest BCUT2D eigenvalue weighted by molar-refractivity contribution is 7.92. The zero-order chi connectivity index (χ0) is 31.9. The number of halogens is 2. The minimum Gasteiger partial charge on any atom is -0.497 e. The number of carbonyl (C=O) groups is 2. The molecule has 3 aromatic rings. The Morgan fingerprint density at radius 1 is 0.955 bits per heavy atom. The van der Waals surface area contributed by atoms with Crippen molar-refractivity contribution in [1.82, 2.24) is 10.2 Å². The Labute approximate surface area is 269 Å². The number of methoxy groups -OCH3 is 2. The Morgan fingerprint density at radius 3 is 2.20 bits per heavy atom. The molecule has 4 rings (SSSR count). The number of nitrogens with one attached hydrogen (secondary N) is 1. The summed E-state index contributed by atoms with van der Waals surface area (Å²) in [6.45, 7) is -0.744. The molecule has 1 aliphatic rings. The first-order chi connectivity index (χ1) is 21.0. The highest BCUT2D eigenvalue weighted by atomic mass is 35.5. The van der Waals surface area contributed by atoms with Crippen LogP contribution in [0.5, 0.6) is 11.5 Å². The third-order valence-electron chi connectivity index (χ3n) is 7.70. The SMILES string of the molecule is COc1ccc(OC)c(N(CC(=O)N(Cc2c(Cl)cccc2Cl)C(Cc2ccccc2)C(=O)NC2CCCC2)S(C)(=O)=O)c1. The van der Waals surface area contributed by atoms with Crippen LogP contribution in [0.25, 0.3) is 0 Å². The van der Waals surface area contributed by atoms with Crippen LogP contribution >= 0.6 is 23.2 Å². The smallest absolute Gasteiger partial charge is 0.244 e. The van der Waals surface area contributed by atoms with Gasteiger partial charge in [-0.25, -0.2) is 8.42 Å². The van der Waals surface area contributed by atoms with Crippen molar-refractivity contribution >= 4 is 50.7 Å². The van der Waals surface area contributed by atoms with Gasteiger partial charge in [0.2, 0.25) is 21.8 Å². The van der Waals surface area contributed by atoms with E-state index in [1.165, 1.54) is 25.2 Å². The average molecular weight is 663 g/mol. The summed E-state index contributed by atoms with van der Waals surface area (Å²) in [5.41, 5.74) is 1.39. The van der Waals surface area contributed by atoms with Crippen molar-refractivity contribution in [3.63, 3.8) is 0 Å². The van der Waals surface area contributed by atoms with E-state index in [2.05, 4.69) is 5.32 Å². The van der Waals surface area contributed by atoms with Crippen LogP contribution < -0.4 is 19.1 Å². The first-order valence-electron chi connectivity index (χ1n) is 14.3. The number of amides is 2. The monoisotopic (exact) mass is 661 g/mol. The first-order valence-corrected chi connectivity index (χ1v) is 16.9. The van der Waals surface area contributed by atoms with E-state index < -0.39 is 28.5 Å². The van der Waals surface area contributed by atoms with Crippen molar-refractivity contribution in [2.45, 2.75) is 50.7 Å². The van der Waals surface area contributed by atoms with Crippen molar-refractivity contribution in [1.29, 1.82) is 0 Å². The fourth-order valence-electron chi connectivity index (χ4n) is 5.36. The zero-order valence-electron chi connectivity index (χ0n) is 25.0. The van der Waals surface area contributed by atoms with Crippen molar-refractivity contribution in [2.75, 3.05) is 31.3 Å². The molecule has 9 nitrogen and oxygen atoms in total. The fourth-order valence-corrected chi connectivity index (χ4v) is 6.72. The van der Waals surface area contributed by atoms with Crippen LogP contribution in [-0.4, -0.2) is 64.2 Å². The Bertz CT molecular complexity index is 1550. The van der Waals surface area contributed by atoms with Crippen LogP contribution in [0.4, 0.5) is 5.69 Å². The molecule has 1 N–H and O–H groups in total. The van der Waals surface area contributed by atoms with E-state index in [1.54, 1.807) is 30.3 Å². The van der Waals surface area contributed by atoms with E-state index in [1.807, 2.05) is 30.3 Å². The first kappa shape index (κ1) is 33.4. The summed E-state index contributed by atoms with van der Waals surface area (Å²) in [5.74, 6) is -0.357. The lowest BCUT2D eigenvalue weighted by Gasteiger charge is -2.34. The summed E-state index contributed by atoms with van der Waals surface area (Å²) in [7, 11) is -1.16. The van der Waals surface area contributed by atoms with E-state index in [9.17, 15) is 18.0 Å². The van der Waals surface area contributed by atoms with Crippen LogP contribution in [0.2, 0.25) is 10.0 Å². The average Bonchev–Trinajstić information content (AvgIpc) is 3.51. The van der Waals surface area contributed by atoms with Gasteiger partial charge in [0.25, 0.3) is 0 Å². The standard InChI is InChI=1S/C32H37Cl2N3O6S/c1-42-24-16-17-30(43-2)28(19-24)37(44(3,40)41)21-31(38)36(20-25-26(33)14-9-15-27(25)34)29(18-22-10-5-4-6-11-22)32(39)35-23-12-7-8-13-23/h4-6,9-11,14-17,19,23,29H,7-8,12-13,18,20-21H2,1-3H3,(H,35,39). The van der Waals surface area contributed by atoms with E-state index >= 15 is 0 Å². The molecule has 0 aliphatic heterocycles. The Hall–Kier alpha value is -3.47. The molecule has 12 heteroatoms. The minimum atomic E-state index is -4.02. The molecule has 3 aromatic carbocycles. The maximum absolute atomic E-state index is 14.4. The number of hydrogen-bond acceptors (Lipinski definition) is 6. The lowest BCUT2D eigenvalue weighted by Crippen LogP contribution is -2.54. The quantitative estimate of drug-likeness (QED) is 0.260. The molecule has 44 heavy (non-hydrogen) atoms. The van der Waals surface area contributed by atoms with Gasteiger partial charge in [-0.3, -0.25) is 13.9 Å². The second kappa shape index (κ2) is 15.0. The van der Waals surface area contributed by atoms with Crippen LogP contribution in [0, 0.1) is 0 Å². The van der Waals surface area contributed by atoms with Crippen LogP contribution in [0.3, 0.4) is 0 Å². The molecule has 0 radical (unpaired) electrons. The van der Waals surface area contributed by atoms with Gasteiger partial charge in [0, 0.05) is 40.7 Å². The van der Waals surface area contributed by atoms with Gasteiger partial charge in [-0.05, 0) is 42.7 Å². The van der Waals surface area contributed by atoms with Crippen molar-refractivity contribution in [3.8, 4) is 11.5 Å². The highest BCUT2D eigenvalue weighted by Crippen LogP contribution is 2.34. The van der Waals surface area contributed by atoms with E-state index in [-0.39, 0.29) is 36.4 Å². The number of hydrogen-bond donors (Lipinski definition) is 1. The molecule has 2 amide bonds. The summed E-state index contributed by atoms with van der Waals surface area (Å²) in [5, 5.41) is 3.77. The lowest BCUT2D eigenvalue weighted by atomic mass is 10.0. The summed E-state index contributed by atoms with van der Waals surface area (Å²) >= 11 is 13.1. The molecule has 0 spiro atoms. The summed E-state index contributed by atoms with van der Waals surface area (Å²) in [6.07, 6.45) is 4.92. The van der Waals surface area contributed by atoms with Gasteiger partial charge in [0.1, 0.15) is 24.1 Å². The van der Waals surface area contributed by atoms with Gasteiger partial charge in [0.15, 0.2) is 0 Å². The van der Waals surface area contributed by atoms with Gasteiger partial charge in [-0.15, -0.1) is 0 Å². The number of sulfonamides is 1. The molecule has 0 heterocycles. The van der Waals surface area contributed by atoms with Crippen LogP contribution in [0.15, 0.2) is 66.7 Å². The number of rotatable bonds is 13. The molecular weight excluding hydrogens is 625 g/mol. The second-order valence-corrected chi connectivity index (χ2v) is 13.4. The summed E-state index contributed by atoms with van der Waals surface area (Å²) < 4.78 is 38.1. The van der Waals surface area contributed by atoms with Crippen molar-refractivity contribution in [2.24, 2.45) is 0 Å². The van der Waals surface area contributed by atoms with Crippen LogP contribution in [-0.2, 0) is 32.6 Å².